The Morgan fingerprint density at radius 3 is 0.532 bits per heavy atom. The topological polar surface area (TPSA) is 63.2 Å². The molecule has 0 saturated heterocycles. The summed E-state index contributed by atoms with van der Waals surface area (Å²) in [5.74, 6) is 0. The van der Waals surface area contributed by atoms with Crippen LogP contribution in [0.25, 0.3) is 0 Å². The largest absolute Gasteiger partial charge is 0.786 e. The van der Waals surface area contributed by atoms with Crippen molar-refractivity contribution < 1.29 is 27.5 Å². The second-order valence-electron chi connectivity index (χ2n) is 14.6. The highest BCUT2D eigenvalue weighted by atomic mass is 31.2. The molecule has 0 rings (SSSR count). The maximum atomic E-state index is 10.1. The zero-order chi connectivity index (χ0) is 36.1. The third-order valence-corrected chi connectivity index (χ3v) is 9.89. The van der Waals surface area contributed by atoms with Crippen molar-refractivity contribution in [2.75, 3.05) is 52.4 Å². The molecule has 0 fully saturated rings. The third-order valence-electron chi connectivity index (χ3n) is 9.89. The van der Waals surface area contributed by atoms with E-state index in [1.165, 1.54) is 215 Å². The Bertz CT molecular complexity index is 504. The van der Waals surface area contributed by atoms with E-state index in [-0.39, 0.29) is 0 Å². The molecule has 7 heteroatoms. The summed E-state index contributed by atoms with van der Waals surface area (Å²) in [7, 11) is -5.64. The summed E-state index contributed by atoms with van der Waals surface area (Å²) >= 11 is 0. The second kappa shape index (κ2) is 37.3. The number of hydrogen-bond donors (Lipinski definition) is 0. The van der Waals surface area contributed by atoms with Gasteiger partial charge in [0.05, 0.1) is 52.4 Å². The molecular formula is C40H88FN2O3P. The lowest BCUT2D eigenvalue weighted by molar-refractivity contribution is -0.929. The van der Waals surface area contributed by atoms with Crippen molar-refractivity contribution in [2.24, 2.45) is 0 Å². The van der Waals surface area contributed by atoms with Gasteiger partial charge in [-0.25, -0.2) is 4.20 Å². The van der Waals surface area contributed by atoms with E-state index < -0.39 is 7.91 Å². The summed E-state index contributed by atoms with van der Waals surface area (Å²) in [5.41, 5.74) is 0. The average molecular weight is 695 g/mol. The van der Waals surface area contributed by atoms with Crippen LogP contribution < -0.4 is 9.79 Å². The molecule has 0 spiro atoms. The van der Waals surface area contributed by atoms with Gasteiger partial charge in [0.25, 0.3) is 0 Å². The minimum absolute atomic E-state index is 1.36. The lowest BCUT2D eigenvalue weighted by Crippen LogP contribution is -2.50. The van der Waals surface area contributed by atoms with Gasteiger partial charge in [0.1, 0.15) is 7.91 Å². The molecule has 5 nitrogen and oxygen atoms in total. The lowest BCUT2D eigenvalue weighted by Gasteiger charge is -2.39. The number of rotatable bonds is 32. The fraction of sp³-hybridized carbons (Fsp3) is 1.00. The summed E-state index contributed by atoms with van der Waals surface area (Å²) in [6, 6.07) is 0. The van der Waals surface area contributed by atoms with E-state index in [1.54, 1.807) is 0 Å². The maximum Gasteiger partial charge on any atom is 0.110 e. The van der Waals surface area contributed by atoms with Gasteiger partial charge >= 0.3 is 0 Å². The van der Waals surface area contributed by atoms with Crippen LogP contribution in [0.5, 0.6) is 0 Å². The molecule has 0 aromatic carbocycles. The first-order chi connectivity index (χ1) is 22.5. The molecule has 0 N–H and O–H groups in total. The van der Waals surface area contributed by atoms with Gasteiger partial charge in [0.2, 0.25) is 0 Å². The van der Waals surface area contributed by atoms with E-state index in [0.29, 0.717) is 0 Å². The Labute approximate surface area is 296 Å². The van der Waals surface area contributed by atoms with Gasteiger partial charge in [0.15, 0.2) is 0 Å². The van der Waals surface area contributed by atoms with Crippen molar-refractivity contribution in [3.05, 3.63) is 0 Å². The fourth-order valence-electron chi connectivity index (χ4n) is 6.92. The van der Waals surface area contributed by atoms with Crippen LogP contribution in [0, 0.1) is 0 Å². The maximum absolute atomic E-state index is 10.1. The number of unbranched alkanes of at least 4 members (excludes halogenated alkanes) is 16. The Hall–Kier alpha value is -0.0000000000000000555. The van der Waals surface area contributed by atoms with Gasteiger partial charge in [-0.1, -0.05) is 107 Å². The Morgan fingerprint density at radius 2 is 0.447 bits per heavy atom. The molecule has 0 aliphatic heterocycles. The molecule has 0 unspecified atom stereocenters. The summed E-state index contributed by atoms with van der Waals surface area (Å²) in [4.78, 5) is 16.9. The van der Waals surface area contributed by atoms with Gasteiger partial charge < -0.3 is 23.3 Å². The van der Waals surface area contributed by atoms with Crippen LogP contribution in [0.4, 0.5) is 4.20 Å². The van der Waals surface area contributed by atoms with Crippen LogP contribution in [0.1, 0.15) is 209 Å². The molecule has 288 valence electrons. The Balaban J connectivity index is -0.000000719. The van der Waals surface area contributed by atoms with E-state index >= 15 is 0 Å². The van der Waals surface area contributed by atoms with E-state index in [2.05, 4.69) is 55.4 Å². The molecule has 0 aromatic rings. The number of quaternary nitrogens is 2. The molecule has 47 heavy (non-hydrogen) atoms. The van der Waals surface area contributed by atoms with Crippen molar-refractivity contribution in [1.29, 1.82) is 0 Å². The Morgan fingerprint density at radius 1 is 0.340 bits per heavy atom. The monoisotopic (exact) mass is 695 g/mol. The second-order valence-corrected chi connectivity index (χ2v) is 15.4. The highest BCUT2D eigenvalue weighted by Gasteiger charge is 2.26. The van der Waals surface area contributed by atoms with Crippen molar-refractivity contribution in [3.63, 3.8) is 0 Å². The molecule has 0 atom stereocenters. The molecule has 0 radical (unpaired) electrons. The predicted molar refractivity (Wildman–Crippen MR) is 204 cm³/mol. The molecule has 0 amide bonds. The SMILES string of the molecule is CCCCC[N+](CCCCC)(CCCCC)CCCCC.CCCCC[N+](CCCCC)(CCCCC)CCCCC.O=P([O-])([O-])F. The molecule has 0 aromatic heterocycles. The number of nitrogens with zero attached hydrogens (tertiary/aromatic N) is 2. The van der Waals surface area contributed by atoms with Gasteiger partial charge in [-0.05, 0) is 103 Å². The van der Waals surface area contributed by atoms with E-state index in [9.17, 15) is 4.20 Å². The standard InChI is InChI=1S/2C20H44N.FH2O3P/c2*1-5-9-13-17-21(18-14-10-6-2,19-15-11-7-3)20-16-12-8-4;1-5(2,3)4/h2*5-20H2,1-4H3;(H2,2,3,4)/q2*+1;/p-2. The minimum atomic E-state index is -5.64. The number of halogens is 1. The molecule has 0 aliphatic rings. The molecular weight excluding hydrogens is 606 g/mol. The van der Waals surface area contributed by atoms with Gasteiger partial charge in [-0.3, -0.25) is 0 Å². The van der Waals surface area contributed by atoms with Gasteiger partial charge in [0, 0.05) is 0 Å². The fourth-order valence-corrected chi connectivity index (χ4v) is 6.92. The van der Waals surface area contributed by atoms with Crippen LogP contribution >= 0.6 is 7.91 Å². The summed E-state index contributed by atoms with van der Waals surface area (Å²) in [6.07, 6.45) is 33.8. The van der Waals surface area contributed by atoms with Crippen LogP contribution in [0.15, 0.2) is 0 Å². The third kappa shape index (κ3) is 38.7. The van der Waals surface area contributed by atoms with Crippen molar-refractivity contribution in [1.82, 2.24) is 0 Å². The highest BCUT2D eigenvalue weighted by molar-refractivity contribution is 7.42. The molecule has 0 aliphatic carbocycles. The lowest BCUT2D eigenvalue weighted by atomic mass is 10.1. The van der Waals surface area contributed by atoms with Gasteiger partial charge in [-0.15, -0.1) is 0 Å². The smallest absolute Gasteiger partial charge is 0.110 e. The first kappa shape index (κ1) is 51.4. The molecule has 0 bridgehead atoms. The zero-order valence-corrected chi connectivity index (χ0v) is 34.5. The summed E-state index contributed by atoms with van der Waals surface area (Å²) < 4.78 is 21.5. The summed E-state index contributed by atoms with van der Waals surface area (Å²) in [6.45, 7) is 30.3. The first-order valence-corrected chi connectivity index (χ1v) is 22.3. The Kier molecular flexibility index (Phi) is 40.7. The van der Waals surface area contributed by atoms with Crippen LogP contribution in [-0.4, -0.2) is 61.3 Å². The minimum Gasteiger partial charge on any atom is -0.786 e. The van der Waals surface area contributed by atoms with Crippen LogP contribution in [0.2, 0.25) is 0 Å². The normalized spacial score (nSPS) is 12.0. The van der Waals surface area contributed by atoms with Gasteiger partial charge in [-0.2, -0.15) is 0 Å². The predicted octanol–water partition coefficient (Wildman–Crippen LogP) is 11.9. The van der Waals surface area contributed by atoms with Crippen molar-refractivity contribution >= 4 is 7.91 Å². The number of hydrogen-bond acceptors (Lipinski definition) is 3. The van der Waals surface area contributed by atoms with E-state index in [1.807, 2.05) is 0 Å². The van der Waals surface area contributed by atoms with Crippen molar-refractivity contribution in [3.8, 4) is 0 Å². The molecule has 0 heterocycles. The van der Waals surface area contributed by atoms with Crippen LogP contribution in [-0.2, 0) is 4.57 Å². The molecule has 0 saturated carbocycles. The van der Waals surface area contributed by atoms with E-state index in [0.717, 1.165) is 0 Å². The summed E-state index contributed by atoms with van der Waals surface area (Å²) in [5, 5.41) is 0. The van der Waals surface area contributed by atoms with E-state index in [4.69, 9.17) is 14.4 Å². The van der Waals surface area contributed by atoms with Crippen molar-refractivity contribution in [2.45, 2.75) is 209 Å². The zero-order valence-electron chi connectivity index (χ0n) is 33.6. The highest BCUT2D eigenvalue weighted by Crippen LogP contribution is 2.22. The first-order valence-electron chi connectivity index (χ1n) is 20.9. The van der Waals surface area contributed by atoms with Crippen LogP contribution in [0.3, 0.4) is 0 Å². The average Bonchev–Trinajstić information content (AvgIpc) is 3.02. The quantitative estimate of drug-likeness (QED) is 0.0400.